The molecule has 2 aromatic carbocycles. The van der Waals surface area contributed by atoms with Gasteiger partial charge in [-0.3, -0.25) is 0 Å². The number of hydrogen-bond acceptors (Lipinski definition) is 2. The van der Waals surface area contributed by atoms with Crippen LogP contribution in [0.15, 0.2) is 36.4 Å². The van der Waals surface area contributed by atoms with Crippen LogP contribution in [0.3, 0.4) is 0 Å². The Bertz CT molecular complexity index is 659. The SMILES string of the molecule is O=C(O)c1ccc(OCc2ccc(Cl)cc2Cl)cc1F. The van der Waals surface area contributed by atoms with Crippen LogP contribution in [0.25, 0.3) is 0 Å². The summed E-state index contributed by atoms with van der Waals surface area (Å²) in [4.78, 5) is 10.7. The fourth-order valence-corrected chi connectivity index (χ4v) is 2.02. The molecule has 0 spiro atoms. The molecule has 0 amide bonds. The first-order chi connectivity index (χ1) is 9.47. The lowest BCUT2D eigenvalue weighted by molar-refractivity contribution is 0.0692. The first kappa shape index (κ1) is 14.6. The fraction of sp³-hybridized carbons (Fsp3) is 0.0714. The Morgan fingerprint density at radius 2 is 1.95 bits per heavy atom. The molecule has 0 aliphatic carbocycles. The van der Waals surface area contributed by atoms with Crippen LogP contribution >= 0.6 is 23.2 Å². The lowest BCUT2D eigenvalue weighted by atomic mass is 10.2. The maximum atomic E-state index is 13.5. The zero-order valence-corrected chi connectivity index (χ0v) is 11.6. The molecule has 0 bridgehead atoms. The van der Waals surface area contributed by atoms with Crippen molar-refractivity contribution < 1.29 is 19.0 Å². The van der Waals surface area contributed by atoms with Crippen molar-refractivity contribution in [1.29, 1.82) is 0 Å². The molecule has 2 rings (SSSR count). The third-order valence-corrected chi connectivity index (χ3v) is 3.17. The van der Waals surface area contributed by atoms with E-state index in [1.807, 2.05) is 0 Å². The van der Waals surface area contributed by atoms with Crippen LogP contribution in [-0.4, -0.2) is 11.1 Å². The van der Waals surface area contributed by atoms with Crippen LogP contribution in [0, 0.1) is 5.82 Å². The average molecular weight is 315 g/mol. The van der Waals surface area contributed by atoms with Gasteiger partial charge >= 0.3 is 5.97 Å². The van der Waals surface area contributed by atoms with Crippen molar-refractivity contribution in [2.24, 2.45) is 0 Å². The predicted molar refractivity (Wildman–Crippen MR) is 74.2 cm³/mol. The van der Waals surface area contributed by atoms with E-state index in [1.54, 1.807) is 18.2 Å². The molecule has 0 aromatic heterocycles. The molecule has 0 saturated heterocycles. The summed E-state index contributed by atoms with van der Waals surface area (Å²) in [5.74, 6) is -1.95. The summed E-state index contributed by atoms with van der Waals surface area (Å²) in [6.45, 7) is 0.127. The van der Waals surface area contributed by atoms with E-state index in [0.29, 0.717) is 15.6 Å². The topological polar surface area (TPSA) is 46.5 Å². The molecule has 3 nitrogen and oxygen atoms in total. The summed E-state index contributed by atoms with van der Waals surface area (Å²) in [5.41, 5.74) is 0.292. The lowest BCUT2D eigenvalue weighted by Gasteiger charge is -2.09. The van der Waals surface area contributed by atoms with Gasteiger partial charge in [0, 0.05) is 21.7 Å². The largest absolute Gasteiger partial charge is 0.489 e. The molecule has 0 radical (unpaired) electrons. The van der Waals surface area contributed by atoms with E-state index < -0.39 is 17.3 Å². The number of ether oxygens (including phenoxy) is 1. The molecule has 0 atom stereocenters. The maximum absolute atomic E-state index is 13.5. The molecule has 104 valence electrons. The molecule has 20 heavy (non-hydrogen) atoms. The van der Waals surface area contributed by atoms with Crippen molar-refractivity contribution in [2.45, 2.75) is 6.61 Å². The quantitative estimate of drug-likeness (QED) is 0.909. The number of carbonyl (C=O) groups is 1. The molecule has 1 N–H and O–H groups in total. The average Bonchev–Trinajstić information content (AvgIpc) is 2.37. The number of carboxylic acids is 1. The van der Waals surface area contributed by atoms with Gasteiger partial charge in [0.25, 0.3) is 0 Å². The Labute approximate surface area is 124 Å². The number of hydrogen-bond donors (Lipinski definition) is 1. The Balaban J connectivity index is 2.11. The van der Waals surface area contributed by atoms with E-state index >= 15 is 0 Å². The maximum Gasteiger partial charge on any atom is 0.338 e. The van der Waals surface area contributed by atoms with Gasteiger partial charge in [0.1, 0.15) is 18.2 Å². The zero-order valence-electron chi connectivity index (χ0n) is 10.1. The lowest BCUT2D eigenvalue weighted by Crippen LogP contribution is -2.02. The van der Waals surface area contributed by atoms with Crippen LogP contribution in [0.5, 0.6) is 5.75 Å². The normalized spacial score (nSPS) is 10.3. The minimum Gasteiger partial charge on any atom is -0.489 e. The van der Waals surface area contributed by atoms with Crippen LogP contribution in [0.4, 0.5) is 4.39 Å². The van der Waals surface area contributed by atoms with Gasteiger partial charge in [-0.05, 0) is 24.3 Å². The van der Waals surface area contributed by atoms with Crippen molar-refractivity contribution in [1.82, 2.24) is 0 Å². The van der Waals surface area contributed by atoms with Gasteiger partial charge in [-0.15, -0.1) is 0 Å². The van der Waals surface area contributed by atoms with E-state index in [9.17, 15) is 9.18 Å². The van der Waals surface area contributed by atoms with Gasteiger partial charge in [0.2, 0.25) is 0 Å². The summed E-state index contributed by atoms with van der Waals surface area (Å²) in [6.07, 6.45) is 0. The Kier molecular flexibility index (Phi) is 4.47. The standard InChI is InChI=1S/C14H9Cl2FO3/c15-9-2-1-8(12(16)5-9)7-20-10-3-4-11(14(18)19)13(17)6-10/h1-6H,7H2,(H,18,19). The Morgan fingerprint density at radius 1 is 1.20 bits per heavy atom. The van der Waals surface area contributed by atoms with Crippen LogP contribution in [-0.2, 0) is 6.61 Å². The summed E-state index contributed by atoms with van der Waals surface area (Å²) in [7, 11) is 0. The smallest absolute Gasteiger partial charge is 0.338 e. The van der Waals surface area contributed by atoms with Gasteiger partial charge in [-0.1, -0.05) is 29.3 Å². The molecule has 0 fully saturated rings. The van der Waals surface area contributed by atoms with Crippen molar-refractivity contribution in [3.05, 3.63) is 63.4 Å². The summed E-state index contributed by atoms with van der Waals surface area (Å²) >= 11 is 11.7. The van der Waals surface area contributed by atoms with Crippen LogP contribution < -0.4 is 4.74 Å². The highest BCUT2D eigenvalue weighted by molar-refractivity contribution is 6.35. The fourth-order valence-electron chi connectivity index (χ4n) is 1.56. The Morgan fingerprint density at radius 3 is 2.55 bits per heavy atom. The monoisotopic (exact) mass is 314 g/mol. The van der Waals surface area contributed by atoms with E-state index in [0.717, 1.165) is 12.1 Å². The second-order valence-corrected chi connectivity index (χ2v) is 4.81. The molecule has 0 aliphatic heterocycles. The van der Waals surface area contributed by atoms with Gasteiger partial charge in [-0.2, -0.15) is 0 Å². The van der Waals surface area contributed by atoms with E-state index in [1.165, 1.54) is 6.07 Å². The predicted octanol–water partition coefficient (Wildman–Crippen LogP) is 4.41. The molecule has 2 aromatic rings. The van der Waals surface area contributed by atoms with Crippen LogP contribution in [0.1, 0.15) is 15.9 Å². The number of benzene rings is 2. The van der Waals surface area contributed by atoms with Crippen molar-refractivity contribution in [2.75, 3.05) is 0 Å². The van der Waals surface area contributed by atoms with Gasteiger partial charge < -0.3 is 9.84 Å². The molecule has 6 heteroatoms. The highest BCUT2D eigenvalue weighted by Gasteiger charge is 2.11. The number of rotatable bonds is 4. The first-order valence-electron chi connectivity index (χ1n) is 5.57. The summed E-state index contributed by atoms with van der Waals surface area (Å²) in [6, 6.07) is 8.50. The molecule has 0 aliphatic rings. The molecule has 0 heterocycles. The van der Waals surface area contributed by atoms with Crippen molar-refractivity contribution >= 4 is 29.2 Å². The highest BCUT2D eigenvalue weighted by Crippen LogP contribution is 2.23. The van der Waals surface area contributed by atoms with Crippen LogP contribution in [0.2, 0.25) is 10.0 Å². The summed E-state index contributed by atoms with van der Waals surface area (Å²) in [5, 5.41) is 9.67. The van der Waals surface area contributed by atoms with E-state index in [2.05, 4.69) is 0 Å². The second kappa shape index (κ2) is 6.11. The molecular formula is C14H9Cl2FO3. The molecule has 0 unspecified atom stereocenters. The highest BCUT2D eigenvalue weighted by atomic mass is 35.5. The Hall–Kier alpha value is -1.78. The third-order valence-electron chi connectivity index (χ3n) is 2.58. The number of aromatic carboxylic acids is 1. The first-order valence-corrected chi connectivity index (χ1v) is 6.32. The van der Waals surface area contributed by atoms with E-state index in [4.69, 9.17) is 33.0 Å². The minimum atomic E-state index is -1.32. The number of carboxylic acid groups (broad SMARTS) is 1. The molecule has 0 saturated carbocycles. The second-order valence-electron chi connectivity index (χ2n) is 3.97. The van der Waals surface area contributed by atoms with E-state index in [-0.39, 0.29) is 12.4 Å². The van der Waals surface area contributed by atoms with Gasteiger partial charge in [-0.25, -0.2) is 9.18 Å². The molecular weight excluding hydrogens is 306 g/mol. The van der Waals surface area contributed by atoms with Gasteiger partial charge in [0.15, 0.2) is 0 Å². The summed E-state index contributed by atoms with van der Waals surface area (Å²) < 4.78 is 18.8. The minimum absolute atomic E-state index is 0.127. The zero-order chi connectivity index (χ0) is 14.7. The van der Waals surface area contributed by atoms with Crippen molar-refractivity contribution in [3.63, 3.8) is 0 Å². The van der Waals surface area contributed by atoms with Gasteiger partial charge in [0.05, 0.1) is 5.56 Å². The third kappa shape index (κ3) is 3.40. The number of halogens is 3. The van der Waals surface area contributed by atoms with Crippen molar-refractivity contribution in [3.8, 4) is 5.75 Å².